The highest BCUT2D eigenvalue weighted by Gasteiger charge is 2.42. The van der Waals surface area contributed by atoms with Gasteiger partial charge in [-0.1, -0.05) is 0 Å². The van der Waals surface area contributed by atoms with Gasteiger partial charge in [0, 0.05) is 35.9 Å². The number of nitrogens with zero attached hydrogens (tertiary/aromatic N) is 4. The fourth-order valence-electron chi connectivity index (χ4n) is 4.32. The summed E-state index contributed by atoms with van der Waals surface area (Å²) in [6.07, 6.45) is 3.82. The van der Waals surface area contributed by atoms with Crippen LogP contribution in [0, 0.1) is 24.0 Å². The molecule has 0 aliphatic carbocycles. The van der Waals surface area contributed by atoms with Crippen LogP contribution in [-0.2, 0) is 4.74 Å². The van der Waals surface area contributed by atoms with E-state index in [0.29, 0.717) is 11.4 Å². The van der Waals surface area contributed by atoms with E-state index in [1.165, 1.54) is 29.6 Å². The number of rotatable bonds is 4. The minimum atomic E-state index is -0.658. The van der Waals surface area contributed by atoms with Gasteiger partial charge in [-0.3, -0.25) is 0 Å². The van der Waals surface area contributed by atoms with Crippen molar-refractivity contribution in [1.82, 2.24) is 14.8 Å². The van der Waals surface area contributed by atoms with E-state index in [0.717, 1.165) is 55.7 Å². The first-order valence-corrected chi connectivity index (χ1v) is 10.1. The zero-order valence-corrected chi connectivity index (χ0v) is 16.7. The fourth-order valence-corrected chi connectivity index (χ4v) is 4.32. The second kappa shape index (κ2) is 7.36. The molecule has 5 rings (SSSR count). The Morgan fingerprint density at radius 1 is 1.03 bits per heavy atom. The van der Waals surface area contributed by atoms with E-state index < -0.39 is 11.6 Å². The van der Waals surface area contributed by atoms with Crippen molar-refractivity contribution >= 4 is 17.3 Å². The van der Waals surface area contributed by atoms with Gasteiger partial charge >= 0.3 is 0 Å². The van der Waals surface area contributed by atoms with Crippen LogP contribution in [0.1, 0.15) is 18.4 Å². The lowest BCUT2D eigenvalue weighted by Crippen LogP contribution is -2.54. The van der Waals surface area contributed by atoms with Gasteiger partial charge in [-0.15, -0.1) is 5.10 Å². The molecule has 0 atom stereocenters. The number of piperidine rings is 1. The van der Waals surface area contributed by atoms with Crippen molar-refractivity contribution in [3.05, 3.63) is 59.9 Å². The second-order valence-electron chi connectivity index (χ2n) is 8.34. The Kier molecular flexibility index (Phi) is 4.66. The molecule has 6 nitrogen and oxygen atoms in total. The first-order chi connectivity index (χ1) is 14.5. The maximum absolute atomic E-state index is 13.5. The number of ether oxygens (including phenoxy) is 1. The molecule has 0 saturated carbocycles. The summed E-state index contributed by atoms with van der Waals surface area (Å²) in [4.78, 5) is 6.65. The number of anilines is 3. The molecule has 2 fully saturated rings. The molecule has 2 aromatic carbocycles. The van der Waals surface area contributed by atoms with Crippen molar-refractivity contribution in [2.75, 3.05) is 36.5 Å². The van der Waals surface area contributed by atoms with Crippen LogP contribution < -0.4 is 10.2 Å². The van der Waals surface area contributed by atoms with Gasteiger partial charge in [0.1, 0.15) is 18.0 Å². The predicted molar refractivity (Wildman–Crippen MR) is 110 cm³/mol. The zero-order valence-electron chi connectivity index (χ0n) is 16.7. The maximum Gasteiger partial charge on any atom is 0.246 e. The number of benzene rings is 2. The molecule has 0 amide bonds. The summed E-state index contributed by atoms with van der Waals surface area (Å²) in [5, 5.41) is 7.52. The molecule has 1 N–H and O–H groups in total. The molecule has 0 bridgehead atoms. The van der Waals surface area contributed by atoms with Gasteiger partial charge in [0.2, 0.25) is 5.95 Å². The van der Waals surface area contributed by atoms with Gasteiger partial charge in [-0.25, -0.2) is 13.5 Å². The molecule has 2 aliphatic heterocycles. The van der Waals surface area contributed by atoms with Crippen molar-refractivity contribution < 1.29 is 13.5 Å². The number of aryl methyl sites for hydroxylation is 1. The molecule has 1 aromatic heterocycles. The van der Waals surface area contributed by atoms with Crippen LogP contribution in [0.15, 0.2) is 42.7 Å². The Morgan fingerprint density at radius 3 is 2.57 bits per heavy atom. The number of hydrogen-bond acceptors (Lipinski definition) is 5. The molecule has 1 spiro atoms. The Labute approximate surface area is 173 Å². The summed E-state index contributed by atoms with van der Waals surface area (Å²) in [7, 11) is 0. The smallest absolute Gasteiger partial charge is 0.246 e. The first kappa shape index (κ1) is 19.0. The third kappa shape index (κ3) is 3.75. The standard InChI is InChI=1S/C22H23F2N5O/c1-15-5-18(10-19(6-15)28-4-2-3-22(11-28)12-30-13-22)26-21-25-14-29(27-21)20-8-16(23)7-17(24)9-20/h5-10,14H,2-4,11-13H2,1H3,(H,26,27). The number of halogens is 2. The summed E-state index contributed by atoms with van der Waals surface area (Å²) in [5.41, 5.74) is 3.74. The quantitative estimate of drug-likeness (QED) is 0.697. The Morgan fingerprint density at radius 2 is 1.83 bits per heavy atom. The highest BCUT2D eigenvalue weighted by Crippen LogP contribution is 2.39. The second-order valence-corrected chi connectivity index (χ2v) is 8.34. The van der Waals surface area contributed by atoms with Crippen molar-refractivity contribution in [3.63, 3.8) is 0 Å². The zero-order chi connectivity index (χ0) is 20.7. The third-order valence-electron chi connectivity index (χ3n) is 5.77. The van der Waals surface area contributed by atoms with Crippen molar-refractivity contribution in [2.45, 2.75) is 19.8 Å². The Bertz CT molecular complexity index is 1060. The predicted octanol–water partition coefficient (Wildman–Crippen LogP) is 4.21. The number of hydrogen-bond donors (Lipinski definition) is 1. The molecule has 3 aromatic rings. The largest absolute Gasteiger partial charge is 0.380 e. The van der Waals surface area contributed by atoms with E-state index in [2.05, 4.69) is 39.4 Å². The average molecular weight is 411 g/mol. The summed E-state index contributed by atoms with van der Waals surface area (Å²) in [5.74, 6) is -0.956. The highest BCUT2D eigenvalue weighted by atomic mass is 19.1. The topological polar surface area (TPSA) is 55.2 Å². The van der Waals surface area contributed by atoms with Gasteiger partial charge in [0.25, 0.3) is 0 Å². The van der Waals surface area contributed by atoms with Crippen LogP contribution in [0.2, 0.25) is 0 Å². The first-order valence-electron chi connectivity index (χ1n) is 10.1. The molecule has 2 saturated heterocycles. The minimum Gasteiger partial charge on any atom is -0.380 e. The summed E-state index contributed by atoms with van der Waals surface area (Å²) in [6, 6.07) is 9.55. The molecule has 0 radical (unpaired) electrons. The lowest BCUT2D eigenvalue weighted by Gasteiger charge is -2.49. The molecule has 8 heteroatoms. The fraction of sp³-hybridized carbons (Fsp3) is 0.364. The normalized spacial score (nSPS) is 17.8. The monoisotopic (exact) mass is 411 g/mol. The van der Waals surface area contributed by atoms with Crippen molar-refractivity contribution in [3.8, 4) is 5.69 Å². The Hall–Kier alpha value is -3.00. The van der Waals surface area contributed by atoms with Crippen LogP contribution >= 0.6 is 0 Å². The molecule has 30 heavy (non-hydrogen) atoms. The van der Waals surface area contributed by atoms with Gasteiger partial charge in [0.05, 0.1) is 18.9 Å². The maximum atomic E-state index is 13.5. The van der Waals surface area contributed by atoms with E-state index in [1.54, 1.807) is 0 Å². The van der Waals surface area contributed by atoms with Crippen LogP contribution in [0.25, 0.3) is 5.69 Å². The van der Waals surface area contributed by atoms with Gasteiger partial charge < -0.3 is 15.0 Å². The Balaban J connectivity index is 1.36. The lowest BCUT2D eigenvalue weighted by molar-refractivity contribution is -0.117. The average Bonchev–Trinajstić information content (AvgIpc) is 3.14. The van der Waals surface area contributed by atoms with Gasteiger partial charge in [-0.2, -0.15) is 4.98 Å². The number of aromatic nitrogens is 3. The van der Waals surface area contributed by atoms with E-state index in [-0.39, 0.29) is 5.69 Å². The summed E-state index contributed by atoms with van der Waals surface area (Å²) >= 11 is 0. The van der Waals surface area contributed by atoms with Gasteiger partial charge in [0.15, 0.2) is 0 Å². The van der Waals surface area contributed by atoms with Crippen molar-refractivity contribution in [1.29, 1.82) is 0 Å². The van der Waals surface area contributed by atoms with Crippen molar-refractivity contribution in [2.24, 2.45) is 5.41 Å². The summed E-state index contributed by atoms with van der Waals surface area (Å²) in [6.45, 7) is 5.80. The molecule has 3 heterocycles. The minimum absolute atomic E-state index is 0.277. The van der Waals surface area contributed by atoms with Crippen LogP contribution in [0.5, 0.6) is 0 Å². The molecular weight excluding hydrogens is 388 g/mol. The molecule has 0 unspecified atom stereocenters. The molecule has 2 aliphatic rings. The van der Waals surface area contributed by atoms with E-state index in [1.807, 2.05) is 6.07 Å². The SMILES string of the molecule is Cc1cc(Nc2ncn(-c3cc(F)cc(F)c3)n2)cc(N2CCCC3(COC3)C2)c1. The molecule has 156 valence electrons. The highest BCUT2D eigenvalue weighted by molar-refractivity contribution is 5.64. The third-order valence-corrected chi connectivity index (χ3v) is 5.77. The van der Waals surface area contributed by atoms with Gasteiger partial charge in [-0.05, 0) is 55.7 Å². The lowest BCUT2D eigenvalue weighted by atomic mass is 9.78. The van der Waals surface area contributed by atoms with Crippen LogP contribution in [-0.4, -0.2) is 41.1 Å². The number of nitrogens with one attached hydrogen (secondary N) is 1. The molecular formula is C22H23F2N5O. The van der Waals surface area contributed by atoms with E-state index in [9.17, 15) is 8.78 Å². The van der Waals surface area contributed by atoms with E-state index in [4.69, 9.17) is 4.74 Å². The summed E-state index contributed by atoms with van der Waals surface area (Å²) < 4.78 is 33.8. The van der Waals surface area contributed by atoms with Crippen LogP contribution in [0.3, 0.4) is 0 Å². The van der Waals surface area contributed by atoms with E-state index >= 15 is 0 Å². The van der Waals surface area contributed by atoms with Crippen LogP contribution in [0.4, 0.5) is 26.1 Å².